The molecule has 2 rings (SSSR count). The molecular formula is C20H25FOSi. The fraction of sp³-hybridized carbons (Fsp3) is 0.300. The van der Waals surface area contributed by atoms with E-state index in [1.807, 2.05) is 36.4 Å². The fourth-order valence-electron chi connectivity index (χ4n) is 3.03. The van der Waals surface area contributed by atoms with Crippen LogP contribution in [0.2, 0.25) is 5.04 Å². The summed E-state index contributed by atoms with van der Waals surface area (Å²) in [6.07, 6.45) is 0.147. The summed E-state index contributed by atoms with van der Waals surface area (Å²) < 4.78 is 20.3. The van der Waals surface area contributed by atoms with E-state index in [9.17, 15) is 4.39 Å². The molecule has 0 radical (unpaired) electrons. The van der Waals surface area contributed by atoms with E-state index in [2.05, 4.69) is 51.6 Å². The summed E-state index contributed by atoms with van der Waals surface area (Å²) in [5.74, 6) is 0. The van der Waals surface area contributed by atoms with Gasteiger partial charge < -0.3 is 4.43 Å². The van der Waals surface area contributed by atoms with Gasteiger partial charge in [-0.05, 0) is 15.4 Å². The lowest BCUT2D eigenvalue weighted by Gasteiger charge is -2.43. The SMILES string of the molecule is C=C[C@@H](F)CO[Si](c1ccccc1)(c1ccccc1)C(C)(C)C. The highest BCUT2D eigenvalue weighted by Crippen LogP contribution is 2.36. The number of halogens is 1. The average molecular weight is 329 g/mol. The van der Waals surface area contributed by atoms with E-state index in [-0.39, 0.29) is 11.6 Å². The van der Waals surface area contributed by atoms with Gasteiger partial charge in [0.25, 0.3) is 8.32 Å². The highest BCUT2D eigenvalue weighted by molar-refractivity contribution is 6.99. The van der Waals surface area contributed by atoms with Crippen molar-refractivity contribution in [3.8, 4) is 0 Å². The van der Waals surface area contributed by atoms with Crippen LogP contribution in [0.25, 0.3) is 0 Å². The summed E-state index contributed by atoms with van der Waals surface area (Å²) in [7, 11) is -2.62. The average Bonchev–Trinajstić information content (AvgIpc) is 2.56. The summed E-state index contributed by atoms with van der Waals surface area (Å²) in [4.78, 5) is 0. The van der Waals surface area contributed by atoms with Gasteiger partial charge in [0.05, 0.1) is 6.61 Å². The zero-order valence-corrected chi connectivity index (χ0v) is 15.1. The minimum Gasteiger partial charge on any atom is -0.404 e. The van der Waals surface area contributed by atoms with Gasteiger partial charge in [0.1, 0.15) is 6.17 Å². The molecule has 0 amide bonds. The third-order valence-electron chi connectivity index (χ3n) is 4.13. The Bertz CT molecular complexity index is 580. The summed E-state index contributed by atoms with van der Waals surface area (Å²) in [6.45, 7) is 10.1. The molecule has 0 bridgehead atoms. The highest BCUT2D eigenvalue weighted by atomic mass is 28.4. The zero-order valence-electron chi connectivity index (χ0n) is 14.1. The molecule has 23 heavy (non-hydrogen) atoms. The number of hydrogen-bond donors (Lipinski definition) is 0. The molecule has 0 saturated carbocycles. The van der Waals surface area contributed by atoms with Crippen molar-refractivity contribution < 1.29 is 8.82 Å². The van der Waals surface area contributed by atoms with Gasteiger partial charge in [-0.25, -0.2) is 4.39 Å². The Balaban J connectivity index is 2.62. The predicted octanol–water partition coefficient (Wildman–Crippen LogP) is 4.09. The maximum atomic E-state index is 13.9. The van der Waals surface area contributed by atoms with Crippen LogP contribution in [0.4, 0.5) is 4.39 Å². The fourth-order valence-corrected chi connectivity index (χ4v) is 7.60. The normalized spacial score (nSPS) is 13.6. The Morgan fingerprint density at radius 3 is 1.78 bits per heavy atom. The quantitative estimate of drug-likeness (QED) is 0.573. The maximum Gasteiger partial charge on any atom is 0.261 e. The monoisotopic (exact) mass is 328 g/mol. The molecule has 0 spiro atoms. The third kappa shape index (κ3) is 3.62. The summed E-state index contributed by atoms with van der Waals surface area (Å²) in [5, 5.41) is 2.20. The smallest absolute Gasteiger partial charge is 0.261 e. The molecule has 0 aliphatic rings. The van der Waals surface area contributed by atoms with Gasteiger partial charge in [-0.3, -0.25) is 0 Å². The van der Waals surface area contributed by atoms with Crippen LogP contribution in [-0.4, -0.2) is 21.1 Å². The van der Waals surface area contributed by atoms with Crippen molar-refractivity contribution in [2.75, 3.05) is 6.61 Å². The molecule has 1 atom stereocenters. The Morgan fingerprint density at radius 1 is 1.00 bits per heavy atom. The molecule has 122 valence electrons. The Kier molecular flexibility index (Phi) is 5.55. The van der Waals surface area contributed by atoms with Crippen LogP contribution in [0.15, 0.2) is 73.3 Å². The van der Waals surface area contributed by atoms with Crippen molar-refractivity contribution in [3.05, 3.63) is 73.3 Å². The first kappa shape index (κ1) is 17.6. The van der Waals surface area contributed by atoms with E-state index in [4.69, 9.17) is 4.43 Å². The molecular weight excluding hydrogens is 303 g/mol. The first-order chi connectivity index (χ1) is 10.9. The number of alkyl halides is 1. The second kappa shape index (κ2) is 7.24. The van der Waals surface area contributed by atoms with Crippen molar-refractivity contribution in [1.29, 1.82) is 0 Å². The van der Waals surface area contributed by atoms with Crippen LogP contribution in [0, 0.1) is 0 Å². The van der Waals surface area contributed by atoms with Gasteiger partial charge in [0.15, 0.2) is 0 Å². The first-order valence-electron chi connectivity index (χ1n) is 7.93. The minimum absolute atomic E-state index is 0.0385. The van der Waals surface area contributed by atoms with Crippen molar-refractivity contribution >= 4 is 18.7 Å². The van der Waals surface area contributed by atoms with E-state index in [0.29, 0.717) is 0 Å². The van der Waals surface area contributed by atoms with E-state index < -0.39 is 14.5 Å². The molecule has 2 aromatic rings. The predicted molar refractivity (Wildman–Crippen MR) is 98.7 cm³/mol. The van der Waals surface area contributed by atoms with Gasteiger partial charge in [-0.15, -0.1) is 6.58 Å². The summed E-state index contributed by atoms with van der Waals surface area (Å²) in [5.41, 5.74) is 0. The topological polar surface area (TPSA) is 9.23 Å². The number of hydrogen-bond acceptors (Lipinski definition) is 1. The summed E-state index contributed by atoms with van der Waals surface area (Å²) in [6, 6.07) is 20.5. The first-order valence-corrected chi connectivity index (χ1v) is 9.84. The van der Waals surface area contributed by atoms with Gasteiger partial charge in [0, 0.05) is 0 Å². The van der Waals surface area contributed by atoms with Gasteiger partial charge in [-0.1, -0.05) is 87.5 Å². The Morgan fingerprint density at radius 2 is 1.43 bits per heavy atom. The summed E-state index contributed by atoms with van der Waals surface area (Å²) >= 11 is 0. The van der Waals surface area contributed by atoms with Gasteiger partial charge >= 0.3 is 0 Å². The Labute approximate surface area is 140 Å². The lowest BCUT2D eigenvalue weighted by Crippen LogP contribution is -2.67. The second-order valence-electron chi connectivity index (χ2n) is 6.73. The third-order valence-corrected chi connectivity index (χ3v) is 9.14. The molecule has 0 fully saturated rings. The van der Waals surface area contributed by atoms with E-state index >= 15 is 0 Å². The molecule has 0 heterocycles. The molecule has 0 aliphatic heterocycles. The highest BCUT2D eigenvalue weighted by Gasteiger charge is 2.50. The van der Waals surface area contributed by atoms with E-state index in [1.165, 1.54) is 6.08 Å². The van der Waals surface area contributed by atoms with E-state index in [1.54, 1.807) is 0 Å². The van der Waals surface area contributed by atoms with Gasteiger partial charge in [0.2, 0.25) is 0 Å². The van der Waals surface area contributed by atoms with E-state index in [0.717, 1.165) is 10.4 Å². The molecule has 0 saturated heterocycles. The van der Waals surface area contributed by atoms with Crippen LogP contribution >= 0.6 is 0 Å². The lowest BCUT2D eigenvalue weighted by molar-refractivity contribution is 0.218. The standard InChI is InChI=1S/C20H25FOSi/c1-5-17(21)16-22-23(20(2,3)4,18-12-8-6-9-13-18)19-14-10-7-11-15-19/h5-15,17H,1,16H2,2-4H3/t17-/m1/s1. The van der Waals surface area contributed by atoms with Crippen LogP contribution in [0.5, 0.6) is 0 Å². The molecule has 3 heteroatoms. The molecule has 0 aromatic heterocycles. The maximum absolute atomic E-state index is 13.9. The van der Waals surface area contributed by atoms with Gasteiger partial charge in [-0.2, -0.15) is 0 Å². The second-order valence-corrected chi connectivity index (χ2v) is 11.0. The largest absolute Gasteiger partial charge is 0.404 e. The van der Waals surface area contributed by atoms with Crippen LogP contribution in [0.3, 0.4) is 0 Å². The lowest BCUT2D eigenvalue weighted by atomic mass is 10.2. The number of benzene rings is 2. The van der Waals surface area contributed by atoms with Crippen LogP contribution < -0.4 is 10.4 Å². The molecule has 1 nitrogen and oxygen atoms in total. The molecule has 2 aromatic carbocycles. The number of rotatable bonds is 6. The van der Waals surface area contributed by atoms with Crippen molar-refractivity contribution in [2.45, 2.75) is 32.0 Å². The molecule has 0 unspecified atom stereocenters. The Hall–Kier alpha value is -1.71. The molecule has 0 aliphatic carbocycles. The minimum atomic E-state index is -2.62. The van der Waals surface area contributed by atoms with Crippen LogP contribution in [0.1, 0.15) is 20.8 Å². The van der Waals surface area contributed by atoms with Crippen LogP contribution in [-0.2, 0) is 4.43 Å². The van der Waals surface area contributed by atoms with Crippen molar-refractivity contribution in [2.24, 2.45) is 0 Å². The van der Waals surface area contributed by atoms with Crippen molar-refractivity contribution in [1.82, 2.24) is 0 Å². The zero-order chi connectivity index (χ0) is 16.9. The molecule has 0 N–H and O–H groups in total. The van der Waals surface area contributed by atoms with Crippen molar-refractivity contribution in [3.63, 3.8) is 0 Å².